The summed E-state index contributed by atoms with van der Waals surface area (Å²) in [5.41, 5.74) is 1.22. The minimum absolute atomic E-state index is 0.104. The van der Waals surface area contributed by atoms with Crippen LogP contribution in [0.1, 0.15) is 60.8 Å². The van der Waals surface area contributed by atoms with E-state index in [4.69, 9.17) is 4.42 Å². The van der Waals surface area contributed by atoms with E-state index in [2.05, 4.69) is 29.9 Å². The van der Waals surface area contributed by atoms with Crippen LogP contribution in [0.4, 0.5) is 5.88 Å². The predicted octanol–water partition coefficient (Wildman–Crippen LogP) is 2.89. The molecule has 0 spiro atoms. The summed E-state index contributed by atoms with van der Waals surface area (Å²) >= 11 is 1.62. The van der Waals surface area contributed by atoms with Gasteiger partial charge in [0.25, 0.3) is 0 Å². The minimum atomic E-state index is 0.104. The average molecular weight is 385 g/mol. The maximum Gasteiger partial charge on any atom is 0.234 e. The molecule has 2 fully saturated rings. The highest BCUT2D eigenvalue weighted by atomic mass is 32.1. The van der Waals surface area contributed by atoms with Crippen molar-refractivity contribution in [3.63, 3.8) is 0 Å². The molecule has 0 N–H and O–H groups in total. The van der Waals surface area contributed by atoms with Crippen LogP contribution >= 0.6 is 11.3 Å². The van der Waals surface area contributed by atoms with Crippen molar-refractivity contribution >= 4 is 23.1 Å². The lowest BCUT2D eigenvalue weighted by Gasteiger charge is -2.34. The van der Waals surface area contributed by atoms with Crippen LogP contribution in [0.5, 0.6) is 0 Å². The molecule has 0 atom stereocenters. The molecule has 4 rings (SSSR count). The Morgan fingerprint density at radius 3 is 2.67 bits per heavy atom. The Morgan fingerprint density at radius 1 is 1.33 bits per heavy atom. The van der Waals surface area contributed by atoms with Crippen molar-refractivity contribution in [2.75, 3.05) is 31.1 Å². The highest BCUT2D eigenvalue weighted by molar-refractivity contribution is 7.09. The Kier molecular flexibility index (Phi) is 4.87. The van der Waals surface area contributed by atoms with Gasteiger partial charge in [0.1, 0.15) is 6.07 Å². The van der Waals surface area contributed by atoms with E-state index in [0.717, 1.165) is 23.5 Å². The summed E-state index contributed by atoms with van der Waals surface area (Å²) in [6.45, 7) is 6.74. The van der Waals surface area contributed by atoms with Gasteiger partial charge in [-0.15, -0.1) is 11.3 Å². The van der Waals surface area contributed by atoms with Gasteiger partial charge in [-0.2, -0.15) is 5.26 Å². The summed E-state index contributed by atoms with van der Waals surface area (Å²) in [6.07, 6.45) is 2.52. The zero-order valence-corrected chi connectivity index (χ0v) is 16.5. The molecular weight excluding hydrogens is 362 g/mol. The van der Waals surface area contributed by atoms with Gasteiger partial charge in [-0.3, -0.25) is 4.79 Å². The fourth-order valence-electron chi connectivity index (χ4n) is 3.21. The number of carbonyl (C=O) groups excluding carboxylic acids is 1. The number of piperazine rings is 1. The Morgan fingerprint density at radius 2 is 2.07 bits per heavy atom. The lowest BCUT2D eigenvalue weighted by atomic mass is 10.2. The van der Waals surface area contributed by atoms with Gasteiger partial charge in [0.2, 0.25) is 23.4 Å². The third-order valence-corrected chi connectivity index (χ3v) is 6.17. The van der Waals surface area contributed by atoms with Gasteiger partial charge in [0.05, 0.1) is 17.1 Å². The third-order valence-electron chi connectivity index (χ3n) is 4.97. The lowest BCUT2D eigenvalue weighted by Crippen LogP contribution is -2.49. The highest BCUT2D eigenvalue weighted by Gasteiger charge is 2.32. The molecule has 2 aromatic heterocycles. The number of amides is 1. The average Bonchev–Trinajstić information content (AvgIpc) is 3.26. The van der Waals surface area contributed by atoms with E-state index in [1.165, 1.54) is 0 Å². The number of hydrogen-bond donors (Lipinski definition) is 0. The highest BCUT2D eigenvalue weighted by Crippen LogP contribution is 2.41. The molecule has 1 aliphatic heterocycles. The van der Waals surface area contributed by atoms with E-state index in [1.807, 2.05) is 15.2 Å². The molecule has 3 heterocycles. The first kappa shape index (κ1) is 18.0. The Bertz CT molecular complexity index is 869. The lowest BCUT2D eigenvalue weighted by molar-refractivity contribution is -0.130. The van der Waals surface area contributed by atoms with Crippen LogP contribution in [0.2, 0.25) is 0 Å². The van der Waals surface area contributed by atoms with Crippen LogP contribution in [0.3, 0.4) is 0 Å². The molecule has 142 valence electrons. The van der Waals surface area contributed by atoms with Gasteiger partial charge in [0, 0.05) is 43.4 Å². The van der Waals surface area contributed by atoms with Crippen LogP contribution in [-0.4, -0.2) is 47.0 Å². The van der Waals surface area contributed by atoms with Crippen molar-refractivity contribution in [2.24, 2.45) is 0 Å². The quantitative estimate of drug-likeness (QED) is 0.787. The standard InChI is InChI=1S/C19H23N5O2S/c1-12(2)18-21-14(11-27-18)9-16(25)23-5-7-24(8-6-23)19-15(10-20)22-17(26-19)13-3-4-13/h11-13H,3-9H2,1-2H3. The Hall–Kier alpha value is -2.40. The summed E-state index contributed by atoms with van der Waals surface area (Å²) in [4.78, 5) is 25.4. The van der Waals surface area contributed by atoms with Crippen molar-refractivity contribution in [3.8, 4) is 6.07 Å². The van der Waals surface area contributed by atoms with Gasteiger partial charge in [-0.25, -0.2) is 9.97 Å². The van der Waals surface area contributed by atoms with Crippen molar-refractivity contribution in [1.29, 1.82) is 5.26 Å². The maximum absolute atomic E-state index is 12.6. The molecule has 27 heavy (non-hydrogen) atoms. The molecule has 2 aromatic rings. The monoisotopic (exact) mass is 385 g/mol. The molecule has 2 aliphatic rings. The second kappa shape index (κ2) is 7.31. The summed E-state index contributed by atoms with van der Waals surface area (Å²) in [5.74, 6) is 2.12. The van der Waals surface area contributed by atoms with Gasteiger partial charge in [0.15, 0.2) is 0 Å². The van der Waals surface area contributed by atoms with Crippen LogP contribution in [-0.2, 0) is 11.2 Å². The number of aromatic nitrogens is 2. The maximum atomic E-state index is 12.6. The number of nitriles is 1. The molecule has 1 aliphatic carbocycles. The van der Waals surface area contributed by atoms with Gasteiger partial charge < -0.3 is 14.2 Å². The first-order valence-corrected chi connectivity index (χ1v) is 10.3. The zero-order chi connectivity index (χ0) is 19.0. The van der Waals surface area contributed by atoms with Crippen LogP contribution in [0, 0.1) is 11.3 Å². The van der Waals surface area contributed by atoms with Crippen molar-refractivity contribution in [2.45, 2.75) is 44.9 Å². The Labute approximate surface area is 162 Å². The summed E-state index contributed by atoms with van der Waals surface area (Å²) in [7, 11) is 0. The van der Waals surface area contributed by atoms with Crippen LogP contribution < -0.4 is 4.90 Å². The minimum Gasteiger partial charge on any atom is -0.423 e. The molecule has 0 radical (unpaired) electrons. The van der Waals surface area contributed by atoms with Crippen molar-refractivity contribution < 1.29 is 9.21 Å². The molecule has 1 saturated heterocycles. The number of anilines is 1. The fraction of sp³-hybridized carbons (Fsp3) is 0.579. The summed E-state index contributed by atoms with van der Waals surface area (Å²) in [6, 6.07) is 2.14. The predicted molar refractivity (Wildman–Crippen MR) is 102 cm³/mol. The first-order valence-electron chi connectivity index (χ1n) is 9.43. The zero-order valence-electron chi connectivity index (χ0n) is 15.6. The topological polar surface area (TPSA) is 86.3 Å². The van der Waals surface area contributed by atoms with E-state index in [0.29, 0.717) is 61.9 Å². The number of nitrogens with zero attached hydrogens (tertiary/aromatic N) is 5. The second-order valence-corrected chi connectivity index (χ2v) is 8.36. The van der Waals surface area contributed by atoms with Crippen molar-refractivity contribution in [3.05, 3.63) is 27.7 Å². The SMILES string of the molecule is CC(C)c1nc(CC(=O)N2CCN(c3oc(C4CC4)nc3C#N)CC2)cs1. The molecule has 8 heteroatoms. The number of hydrogen-bond acceptors (Lipinski definition) is 7. The number of rotatable bonds is 5. The van der Waals surface area contributed by atoms with Crippen LogP contribution in [0.25, 0.3) is 0 Å². The summed E-state index contributed by atoms with van der Waals surface area (Å²) in [5, 5.41) is 12.4. The second-order valence-electron chi connectivity index (χ2n) is 7.47. The number of carbonyl (C=O) groups is 1. The van der Waals surface area contributed by atoms with E-state index in [9.17, 15) is 10.1 Å². The molecule has 0 aromatic carbocycles. The molecule has 0 bridgehead atoms. The molecular formula is C19H23N5O2S. The van der Waals surface area contributed by atoms with Gasteiger partial charge >= 0.3 is 0 Å². The normalized spacial score (nSPS) is 17.4. The van der Waals surface area contributed by atoms with E-state index >= 15 is 0 Å². The smallest absolute Gasteiger partial charge is 0.234 e. The third kappa shape index (κ3) is 3.83. The number of thiazole rings is 1. The molecule has 7 nitrogen and oxygen atoms in total. The van der Waals surface area contributed by atoms with Gasteiger partial charge in [-0.1, -0.05) is 13.8 Å². The first-order chi connectivity index (χ1) is 13.0. The van der Waals surface area contributed by atoms with Crippen LogP contribution in [0.15, 0.2) is 9.80 Å². The molecule has 1 saturated carbocycles. The van der Waals surface area contributed by atoms with Gasteiger partial charge in [-0.05, 0) is 12.8 Å². The largest absolute Gasteiger partial charge is 0.423 e. The Balaban J connectivity index is 1.35. The van der Waals surface area contributed by atoms with Crippen molar-refractivity contribution in [1.82, 2.24) is 14.9 Å². The van der Waals surface area contributed by atoms with E-state index in [1.54, 1.807) is 11.3 Å². The van der Waals surface area contributed by atoms with E-state index < -0.39 is 0 Å². The summed E-state index contributed by atoms with van der Waals surface area (Å²) < 4.78 is 5.87. The number of oxazole rings is 1. The fourth-order valence-corrected chi connectivity index (χ4v) is 4.05. The van der Waals surface area contributed by atoms with E-state index in [-0.39, 0.29) is 5.91 Å². The molecule has 1 amide bonds. The molecule has 0 unspecified atom stereocenters.